The predicted octanol–water partition coefficient (Wildman–Crippen LogP) is 1.55. The second kappa shape index (κ2) is 9.40. The molecule has 2 atom stereocenters. The highest BCUT2D eigenvalue weighted by molar-refractivity contribution is 5.66. The summed E-state index contributed by atoms with van der Waals surface area (Å²) in [6.45, 7) is 1.18. The molecule has 0 saturated heterocycles. The van der Waals surface area contributed by atoms with Gasteiger partial charge in [-0.25, -0.2) is 0 Å². The van der Waals surface area contributed by atoms with E-state index in [1.807, 2.05) is 23.1 Å². The van der Waals surface area contributed by atoms with Crippen LogP contribution in [0.4, 0.5) is 5.69 Å². The average molecular weight is 366 g/mol. The van der Waals surface area contributed by atoms with Gasteiger partial charge in [0, 0.05) is 37.2 Å². The second-order valence-electron chi connectivity index (χ2n) is 6.36. The van der Waals surface area contributed by atoms with Gasteiger partial charge < -0.3 is 25.4 Å². The van der Waals surface area contributed by atoms with Crippen molar-refractivity contribution in [3.63, 3.8) is 0 Å². The van der Waals surface area contributed by atoms with Crippen LogP contribution in [0.5, 0.6) is 5.75 Å². The van der Waals surface area contributed by atoms with Gasteiger partial charge in [0.15, 0.2) is 0 Å². The minimum Gasteiger partial charge on any atom is -0.491 e. The maximum atomic E-state index is 10.8. The van der Waals surface area contributed by atoms with E-state index in [0.29, 0.717) is 37.2 Å². The number of hydrogen-bond acceptors (Lipinski definition) is 6. The number of rotatable bonds is 10. The van der Waals surface area contributed by atoms with Gasteiger partial charge in [-0.15, -0.1) is 0 Å². The van der Waals surface area contributed by atoms with Crippen molar-refractivity contribution < 1.29 is 29.6 Å². The summed E-state index contributed by atoms with van der Waals surface area (Å²) in [5.74, 6) is -1.13. The van der Waals surface area contributed by atoms with E-state index in [0.717, 1.165) is 5.69 Å². The molecule has 1 aliphatic rings. The number of carboxylic acid groups (broad SMARTS) is 2. The van der Waals surface area contributed by atoms with Gasteiger partial charge >= 0.3 is 11.9 Å². The zero-order chi connectivity index (χ0) is 19.1. The van der Waals surface area contributed by atoms with Crippen LogP contribution >= 0.6 is 0 Å². The van der Waals surface area contributed by atoms with Crippen molar-refractivity contribution >= 4 is 17.6 Å². The number of carboxylic acids is 2. The Kier molecular flexibility index (Phi) is 7.23. The van der Waals surface area contributed by atoms with E-state index in [1.165, 1.54) is 0 Å². The first-order valence-electron chi connectivity index (χ1n) is 8.72. The Labute approximate surface area is 152 Å². The number of nitrogens with one attached hydrogen (secondary N) is 1. The van der Waals surface area contributed by atoms with E-state index in [-0.39, 0.29) is 25.5 Å². The molecule has 1 aromatic rings. The molecule has 0 spiro atoms. The lowest BCUT2D eigenvalue weighted by molar-refractivity contribution is -0.138. The SMILES string of the molecule is CNc1ccc2c(c1)OC[C@@H](N(CCCC(=O)O)CCCC(=O)O)[C@H]2O. The Hall–Kier alpha value is -2.32. The van der Waals surface area contributed by atoms with Gasteiger partial charge in [0.2, 0.25) is 0 Å². The van der Waals surface area contributed by atoms with Crippen molar-refractivity contribution in [2.75, 3.05) is 32.1 Å². The van der Waals surface area contributed by atoms with Crippen LogP contribution in [-0.2, 0) is 9.59 Å². The van der Waals surface area contributed by atoms with E-state index < -0.39 is 18.0 Å². The number of hydrogen-bond donors (Lipinski definition) is 4. The Morgan fingerprint density at radius 1 is 1.19 bits per heavy atom. The number of ether oxygens (including phenoxy) is 1. The summed E-state index contributed by atoms with van der Waals surface area (Å²) in [5, 5.41) is 31.5. The van der Waals surface area contributed by atoms with Gasteiger partial charge in [0.25, 0.3) is 0 Å². The Bertz CT molecular complexity index is 616. The first-order valence-corrected chi connectivity index (χ1v) is 8.72. The van der Waals surface area contributed by atoms with Crippen molar-refractivity contribution in [3.8, 4) is 5.75 Å². The van der Waals surface area contributed by atoms with Crippen LogP contribution in [0.25, 0.3) is 0 Å². The monoisotopic (exact) mass is 366 g/mol. The van der Waals surface area contributed by atoms with Crippen molar-refractivity contribution in [1.29, 1.82) is 0 Å². The normalized spacial score (nSPS) is 18.9. The maximum absolute atomic E-state index is 10.8. The number of aliphatic hydroxyl groups excluding tert-OH is 1. The fourth-order valence-corrected chi connectivity index (χ4v) is 3.15. The van der Waals surface area contributed by atoms with Crippen LogP contribution in [0.15, 0.2) is 18.2 Å². The molecule has 8 nitrogen and oxygen atoms in total. The molecule has 8 heteroatoms. The number of aliphatic hydroxyl groups is 1. The Morgan fingerprint density at radius 2 is 1.81 bits per heavy atom. The molecule has 0 saturated carbocycles. The molecule has 1 aliphatic heterocycles. The number of nitrogens with zero attached hydrogens (tertiary/aromatic N) is 1. The fourth-order valence-electron chi connectivity index (χ4n) is 3.15. The molecule has 0 bridgehead atoms. The van der Waals surface area contributed by atoms with E-state index >= 15 is 0 Å². The molecule has 2 rings (SSSR count). The second-order valence-corrected chi connectivity index (χ2v) is 6.36. The first-order chi connectivity index (χ1) is 12.4. The van der Waals surface area contributed by atoms with Gasteiger partial charge in [0.05, 0.1) is 6.04 Å². The van der Waals surface area contributed by atoms with Crippen LogP contribution in [-0.4, -0.2) is 64.9 Å². The largest absolute Gasteiger partial charge is 0.491 e. The van der Waals surface area contributed by atoms with Crippen molar-refractivity contribution in [3.05, 3.63) is 23.8 Å². The zero-order valence-corrected chi connectivity index (χ0v) is 14.9. The minimum atomic E-state index is -0.874. The summed E-state index contributed by atoms with van der Waals surface area (Å²) in [7, 11) is 1.80. The lowest BCUT2D eigenvalue weighted by atomic mass is 9.97. The molecule has 1 aromatic carbocycles. The smallest absolute Gasteiger partial charge is 0.303 e. The molecule has 0 amide bonds. The number of carbonyl (C=O) groups is 2. The van der Waals surface area contributed by atoms with E-state index in [2.05, 4.69) is 5.32 Å². The Balaban J connectivity index is 2.09. The highest BCUT2D eigenvalue weighted by atomic mass is 16.5. The van der Waals surface area contributed by atoms with Gasteiger partial charge in [-0.05, 0) is 32.0 Å². The maximum Gasteiger partial charge on any atom is 0.303 e. The summed E-state index contributed by atoms with van der Waals surface area (Å²) in [5.41, 5.74) is 1.57. The van der Waals surface area contributed by atoms with E-state index in [4.69, 9.17) is 14.9 Å². The van der Waals surface area contributed by atoms with E-state index in [1.54, 1.807) is 7.05 Å². The molecule has 0 unspecified atom stereocenters. The summed E-state index contributed by atoms with van der Waals surface area (Å²) in [4.78, 5) is 23.5. The third-order valence-electron chi connectivity index (χ3n) is 4.54. The minimum absolute atomic E-state index is 0.0290. The predicted molar refractivity (Wildman–Crippen MR) is 95.5 cm³/mol. The summed E-state index contributed by atoms with van der Waals surface area (Å²) < 4.78 is 5.81. The molecule has 0 aliphatic carbocycles. The van der Waals surface area contributed by atoms with Gasteiger partial charge in [-0.3, -0.25) is 14.5 Å². The number of benzene rings is 1. The average Bonchev–Trinajstić information content (AvgIpc) is 2.60. The van der Waals surface area contributed by atoms with Crippen molar-refractivity contribution in [1.82, 2.24) is 4.90 Å². The first kappa shape index (κ1) is 20.0. The summed E-state index contributed by atoms with van der Waals surface area (Å²) in [6, 6.07) is 5.15. The highest BCUT2D eigenvalue weighted by Gasteiger charge is 2.33. The van der Waals surface area contributed by atoms with Gasteiger partial charge in [-0.2, -0.15) is 0 Å². The lowest BCUT2D eigenvalue weighted by Gasteiger charge is -2.38. The summed E-state index contributed by atoms with van der Waals surface area (Å²) in [6.07, 6.45) is 0.135. The van der Waals surface area contributed by atoms with Crippen molar-refractivity contribution in [2.45, 2.75) is 37.8 Å². The topological polar surface area (TPSA) is 119 Å². The third kappa shape index (κ3) is 5.34. The third-order valence-corrected chi connectivity index (χ3v) is 4.54. The zero-order valence-electron chi connectivity index (χ0n) is 14.9. The van der Waals surface area contributed by atoms with Crippen molar-refractivity contribution in [2.24, 2.45) is 0 Å². The van der Waals surface area contributed by atoms with Crippen LogP contribution in [0.2, 0.25) is 0 Å². The molecule has 4 N–H and O–H groups in total. The number of aliphatic carboxylic acids is 2. The summed E-state index contributed by atoms with van der Waals surface area (Å²) >= 11 is 0. The molecule has 26 heavy (non-hydrogen) atoms. The van der Waals surface area contributed by atoms with Crippen LogP contribution in [0.3, 0.4) is 0 Å². The van der Waals surface area contributed by atoms with Crippen LogP contribution in [0, 0.1) is 0 Å². The van der Waals surface area contributed by atoms with Gasteiger partial charge in [-0.1, -0.05) is 6.07 Å². The molecule has 0 aromatic heterocycles. The quantitative estimate of drug-likeness (QED) is 0.492. The lowest BCUT2D eigenvalue weighted by Crippen LogP contribution is -2.47. The number of anilines is 1. The highest BCUT2D eigenvalue weighted by Crippen LogP contribution is 2.36. The molecular formula is C18H26N2O6. The Morgan fingerprint density at radius 3 is 2.35 bits per heavy atom. The molecule has 0 fully saturated rings. The number of fused-ring (bicyclic) bond motifs is 1. The van der Waals surface area contributed by atoms with E-state index in [9.17, 15) is 14.7 Å². The fraction of sp³-hybridized carbons (Fsp3) is 0.556. The molecule has 0 radical (unpaired) electrons. The standard InChI is InChI=1S/C18H26N2O6/c1-19-12-6-7-13-15(10-12)26-11-14(18(13)25)20(8-2-4-16(21)22)9-3-5-17(23)24/h6-7,10,14,18-19,25H,2-5,8-9,11H2,1H3,(H,21,22)(H,23,24)/t14-,18+/m1/s1. The molecule has 1 heterocycles. The molecule has 144 valence electrons. The van der Waals surface area contributed by atoms with Crippen LogP contribution < -0.4 is 10.1 Å². The van der Waals surface area contributed by atoms with Gasteiger partial charge in [0.1, 0.15) is 18.5 Å². The van der Waals surface area contributed by atoms with Crippen LogP contribution in [0.1, 0.15) is 37.4 Å². The molecular weight excluding hydrogens is 340 g/mol.